The summed E-state index contributed by atoms with van der Waals surface area (Å²) < 4.78 is 21.0. The minimum absolute atomic E-state index is 0.0118. The van der Waals surface area contributed by atoms with Crippen LogP contribution in [-0.4, -0.2) is 59.1 Å². The number of carboxylic acids is 1. The number of fused-ring (bicyclic) bond motifs is 1. The maximum atomic E-state index is 14.2. The van der Waals surface area contributed by atoms with E-state index in [0.717, 1.165) is 28.0 Å². The molecule has 0 saturated heterocycles. The molecule has 0 aliphatic heterocycles. The highest BCUT2D eigenvalue weighted by molar-refractivity contribution is 7.21. The number of hydrogen-bond donors (Lipinski definition) is 3. The number of aliphatic carboxylic acids is 1. The molecule has 0 amide bonds. The fourth-order valence-electron chi connectivity index (χ4n) is 4.10. The molecule has 12 nitrogen and oxygen atoms in total. The first-order valence-electron chi connectivity index (χ1n) is 10.9. The van der Waals surface area contributed by atoms with E-state index in [4.69, 9.17) is 4.74 Å². The van der Waals surface area contributed by atoms with Gasteiger partial charge in [0.25, 0.3) is 5.56 Å². The Bertz CT molecular complexity index is 1620. The highest BCUT2D eigenvalue weighted by atomic mass is 32.1. The van der Waals surface area contributed by atoms with Crippen molar-refractivity contribution in [3.05, 3.63) is 68.4 Å². The number of thiophene rings is 1. The van der Waals surface area contributed by atoms with Gasteiger partial charge >= 0.3 is 11.7 Å². The number of carboxylic acid groups (broad SMARTS) is 1. The van der Waals surface area contributed by atoms with Crippen molar-refractivity contribution in [2.75, 3.05) is 13.7 Å². The molecule has 4 rings (SSSR count). The van der Waals surface area contributed by atoms with Gasteiger partial charge in [-0.25, -0.2) is 18.5 Å². The van der Waals surface area contributed by atoms with E-state index in [0.29, 0.717) is 15.1 Å². The smallest absolute Gasteiger partial charge is 0.333 e. The summed E-state index contributed by atoms with van der Waals surface area (Å²) in [6.07, 6.45) is 2.84. The zero-order valence-electron chi connectivity index (χ0n) is 20.3. The highest BCUT2D eigenvalue weighted by Crippen LogP contribution is 2.35. The van der Waals surface area contributed by atoms with Gasteiger partial charge in [-0.05, 0) is 39.0 Å². The average Bonchev–Trinajstić information content (AvgIpc) is 3.49. The molecule has 0 spiro atoms. The van der Waals surface area contributed by atoms with Crippen molar-refractivity contribution in [1.29, 1.82) is 0 Å². The third kappa shape index (κ3) is 4.12. The normalized spacial score (nSPS) is 13.6. The summed E-state index contributed by atoms with van der Waals surface area (Å²) in [4.78, 5) is 40.7. The molecule has 4 aromatic rings. The Morgan fingerprint density at radius 2 is 1.86 bits per heavy atom. The first kappa shape index (κ1) is 26.2. The Balaban J connectivity index is 2.10. The number of rotatable bonds is 8. The van der Waals surface area contributed by atoms with Gasteiger partial charge < -0.3 is 20.1 Å². The van der Waals surface area contributed by atoms with Gasteiger partial charge in [0.1, 0.15) is 32.5 Å². The summed E-state index contributed by atoms with van der Waals surface area (Å²) in [5.41, 5.74) is -5.91. The molecule has 0 fully saturated rings. The Labute approximate surface area is 212 Å². The Kier molecular flexibility index (Phi) is 6.52. The molecule has 0 radical (unpaired) electrons. The average molecular weight is 534 g/mol. The third-order valence-electron chi connectivity index (χ3n) is 6.21. The molecule has 1 aromatic carbocycles. The van der Waals surface area contributed by atoms with Crippen molar-refractivity contribution in [1.82, 2.24) is 24.1 Å². The quantitative estimate of drug-likeness (QED) is 0.300. The number of methoxy groups -OCH3 is 1. The predicted molar refractivity (Wildman–Crippen MR) is 131 cm³/mol. The molecule has 3 aromatic heterocycles. The van der Waals surface area contributed by atoms with Crippen molar-refractivity contribution in [2.24, 2.45) is 0 Å². The van der Waals surface area contributed by atoms with E-state index >= 15 is 0 Å². The van der Waals surface area contributed by atoms with Crippen LogP contribution in [0.2, 0.25) is 0 Å². The predicted octanol–water partition coefficient (Wildman–Crippen LogP) is 0.961. The zero-order valence-corrected chi connectivity index (χ0v) is 21.1. The standard InChI is InChI=1S/C23H24FN5O7S/c1-12-16-17(31)28(22(2,3)20(32)33)21(34)27(19(16)37-18(12)29-25-7-8-26-29)10-23(35,11-30)14-9-13(24)5-6-15(14)36-4/h5-9,30,35H,10-11H2,1-4H3,(H,32,33). The Morgan fingerprint density at radius 1 is 1.22 bits per heavy atom. The largest absolute Gasteiger partial charge is 0.496 e. The number of nitrogens with zero attached hydrogens (tertiary/aromatic N) is 5. The number of carbonyl (C=O) groups is 1. The lowest BCUT2D eigenvalue weighted by atomic mass is 9.93. The molecule has 0 saturated carbocycles. The topological polar surface area (TPSA) is 162 Å². The number of aliphatic hydroxyl groups is 2. The number of hydrogen-bond acceptors (Lipinski definition) is 9. The second-order valence-electron chi connectivity index (χ2n) is 8.94. The zero-order chi connectivity index (χ0) is 27.3. The summed E-state index contributed by atoms with van der Waals surface area (Å²) in [5.74, 6) is -2.12. The molecule has 14 heteroatoms. The first-order valence-corrected chi connectivity index (χ1v) is 11.8. The summed E-state index contributed by atoms with van der Waals surface area (Å²) in [7, 11) is 1.29. The maximum Gasteiger partial charge on any atom is 0.333 e. The number of aliphatic hydroxyl groups excluding tert-OH is 1. The lowest BCUT2D eigenvalue weighted by Crippen LogP contribution is -2.53. The van der Waals surface area contributed by atoms with E-state index in [1.54, 1.807) is 6.92 Å². The molecule has 0 bridgehead atoms. The molecule has 1 atom stereocenters. The molecular formula is C23H24FN5O7S. The van der Waals surface area contributed by atoms with Gasteiger partial charge in [0.05, 0.1) is 38.0 Å². The number of aromatic nitrogens is 5. The monoisotopic (exact) mass is 533 g/mol. The van der Waals surface area contributed by atoms with E-state index in [-0.39, 0.29) is 21.5 Å². The van der Waals surface area contributed by atoms with Crippen LogP contribution in [0.4, 0.5) is 4.39 Å². The molecule has 3 N–H and O–H groups in total. The minimum Gasteiger partial charge on any atom is -0.496 e. The SMILES string of the molecule is COc1ccc(F)cc1C(O)(CO)Cn1c(=O)n(C(C)(C)C(=O)O)c(=O)c2c(C)c(-n3nccn3)sc21. The van der Waals surface area contributed by atoms with Crippen LogP contribution in [0.25, 0.3) is 15.2 Å². The lowest BCUT2D eigenvalue weighted by molar-refractivity contribution is -0.146. The van der Waals surface area contributed by atoms with Crippen molar-refractivity contribution >= 4 is 27.5 Å². The van der Waals surface area contributed by atoms with Crippen LogP contribution in [0.1, 0.15) is 25.0 Å². The van der Waals surface area contributed by atoms with Crippen LogP contribution in [0.5, 0.6) is 5.75 Å². The highest BCUT2D eigenvalue weighted by Gasteiger charge is 2.39. The fraction of sp³-hybridized carbons (Fsp3) is 0.348. The van der Waals surface area contributed by atoms with E-state index in [9.17, 15) is 34.1 Å². The Hall–Kier alpha value is -3.88. The number of benzene rings is 1. The van der Waals surface area contributed by atoms with Crippen LogP contribution >= 0.6 is 11.3 Å². The molecule has 0 aliphatic carbocycles. The summed E-state index contributed by atoms with van der Waals surface area (Å²) in [6.45, 7) is 2.36. The lowest BCUT2D eigenvalue weighted by Gasteiger charge is -2.30. The fourth-order valence-corrected chi connectivity index (χ4v) is 5.31. The minimum atomic E-state index is -2.26. The van der Waals surface area contributed by atoms with Gasteiger partial charge in [-0.1, -0.05) is 11.3 Å². The van der Waals surface area contributed by atoms with Gasteiger partial charge in [-0.15, -0.1) is 4.80 Å². The molecular weight excluding hydrogens is 509 g/mol. The van der Waals surface area contributed by atoms with Crippen LogP contribution in [0.3, 0.4) is 0 Å². The van der Waals surface area contributed by atoms with Gasteiger partial charge in [0.15, 0.2) is 0 Å². The van der Waals surface area contributed by atoms with E-state index < -0.39 is 47.3 Å². The number of aryl methyl sites for hydroxylation is 1. The third-order valence-corrected chi connectivity index (χ3v) is 7.49. The second-order valence-corrected chi connectivity index (χ2v) is 9.92. The van der Waals surface area contributed by atoms with Crippen LogP contribution in [-0.2, 0) is 22.5 Å². The van der Waals surface area contributed by atoms with E-state index in [1.165, 1.54) is 44.2 Å². The van der Waals surface area contributed by atoms with Gasteiger partial charge in [0, 0.05) is 11.1 Å². The summed E-state index contributed by atoms with van der Waals surface area (Å²) in [5, 5.41) is 40.1. The number of halogens is 1. The van der Waals surface area contributed by atoms with Crippen molar-refractivity contribution in [3.63, 3.8) is 0 Å². The summed E-state index contributed by atoms with van der Waals surface area (Å²) >= 11 is 0.966. The van der Waals surface area contributed by atoms with E-state index in [1.807, 2.05) is 0 Å². The van der Waals surface area contributed by atoms with Gasteiger partial charge in [-0.3, -0.25) is 9.36 Å². The number of ether oxygens (including phenoxy) is 1. The molecule has 0 aliphatic rings. The van der Waals surface area contributed by atoms with Crippen LogP contribution in [0.15, 0.2) is 40.2 Å². The Morgan fingerprint density at radius 3 is 2.43 bits per heavy atom. The molecule has 1 unspecified atom stereocenters. The van der Waals surface area contributed by atoms with Crippen molar-refractivity contribution in [2.45, 2.75) is 38.5 Å². The van der Waals surface area contributed by atoms with Crippen LogP contribution in [0, 0.1) is 12.7 Å². The second kappa shape index (κ2) is 9.21. The van der Waals surface area contributed by atoms with Crippen LogP contribution < -0.4 is 16.0 Å². The summed E-state index contributed by atoms with van der Waals surface area (Å²) in [6, 6.07) is 3.33. The van der Waals surface area contributed by atoms with Crippen molar-refractivity contribution < 1.29 is 29.2 Å². The van der Waals surface area contributed by atoms with Gasteiger partial charge in [-0.2, -0.15) is 10.2 Å². The first-order chi connectivity index (χ1) is 17.4. The van der Waals surface area contributed by atoms with Gasteiger partial charge in [0.2, 0.25) is 0 Å². The van der Waals surface area contributed by atoms with Crippen molar-refractivity contribution in [3.8, 4) is 10.8 Å². The molecule has 37 heavy (non-hydrogen) atoms. The molecule has 3 heterocycles. The van der Waals surface area contributed by atoms with E-state index in [2.05, 4.69) is 10.2 Å². The molecule has 196 valence electrons. The maximum absolute atomic E-state index is 14.2.